The molecular formula is C13H23N5O2S. The number of aliphatic carboxylic acids is 1. The summed E-state index contributed by atoms with van der Waals surface area (Å²) in [7, 11) is 4.05. The van der Waals surface area contributed by atoms with Crippen molar-refractivity contribution >= 4 is 23.7 Å². The first-order chi connectivity index (χ1) is 10.0. The molecule has 118 valence electrons. The third-order valence-corrected chi connectivity index (χ3v) is 4.77. The van der Waals surface area contributed by atoms with Gasteiger partial charge in [-0.05, 0) is 26.4 Å². The van der Waals surface area contributed by atoms with E-state index in [-0.39, 0.29) is 5.75 Å². The summed E-state index contributed by atoms with van der Waals surface area (Å²) >= 11 is 1.21. The first-order valence-corrected chi connectivity index (χ1v) is 8.20. The van der Waals surface area contributed by atoms with Gasteiger partial charge in [0.15, 0.2) is 5.16 Å². The summed E-state index contributed by atoms with van der Waals surface area (Å²) < 4.78 is 1.90. The van der Waals surface area contributed by atoms with Gasteiger partial charge in [-0.1, -0.05) is 18.7 Å². The average Bonchev–Trinajstić information content (AvgIpc) is 2.69. The highest BCUT2D eigenvalue weighted by atomic mass is 32.2. The van der Waals surface area contributed by atoms with E-state index in [0.29, 0.717) is 11.2 Å². The zero-order valence-corrected chi connectivity index (χ0v) is 13.6. The summed E-state index contributed by atoms with van der Waals surface area (Å²) in [4.78, 5) is 15.3. The topological polar surface area (TPSA) is 74.5 Å². The van der Waals surface area contributed by atoms with Crippen LogP contribution in [-0.4, -0.2) is 69.2 Å². The Bertz CT molecular complexity index is 493. The lowest BCUT2D eigenvalue weighted by Crippen LogP contribution is -2.41. The third-order valence-electron chi connectivity index (χ3n) is 3.77. The van der Waals surface area contributed by atoms with Gasteiger partial charge in [-0.2, -0.15) is 0 Å². The zero-order valence-electron chi connectivity index (χ0n) is 12.8. The lowest BCUT2D eigenvalue weighted by Gasteiger charge is -2.30. The minimum Gasteiger partial charge on any atom is -0.481 e. The zero-order chi connectivity index (χ0) is 15.4. The third kappa shape index (κ3) is 3.88. The molecule has 1 saturated heterocycles. The molecule has 1 aromatic rings. The van der Waals surface area contributed by atoms with Gasteiger partial charge in [-0.25, -0.2) is 0 Å². The second-order valence-electron chi connectivity index (χ2n) is 5.40. The van der Waals surface area contributed by atoms with Crippen molar-refractivity contribution in [1.82, 2.24) is 19.7 Å². The molecule has 1 fully saturated rings. The molecule has 0 aliphatic carbocycles. The second kappa shape index (κ2) is 7.13. The van der Waals surface area contributed by atoms with Crippen LogP contribution in [0.3, 0.4) is 0 Å². The number of carbonyl (C=O) groups is 1. The van der Waals surface area contributed by atoms with Crippen LogP contribution in [0.1, 0.15) is 19.8 Å². The van der Waals surface area contributed by atoms with E-state index in [4.69, 9.17) is 5.11 Å². The van der Waals surface area contributed by atoms with E-state index in [0.717, 1.165) is 38.4 Å². The molecule has 21 heavy (non-hydrogen) atoms. The SMILES string of the molecule is CCC1CN(C)CCCN1c1nnc(SCC(=O)O)n1C. The Kier molecular flexibility index (Phi) is 5.46. The Morgan fingerprint density at radius 1 is 1.38 bits per heavy atom. The monoisotopic (exact) mass is 313 g/mol. The lowest BCUT2D eigenvalue weighted by molar-refractivity contribution is -0.133. The Labute approximate surface area is 129 Å². The molecule has 0 spiro atoms. The molecule has 7 nitrogen and oxygen atoms in total. The standard InChI is InChI=1S/C13H23N5O2S/c1-4-10-8-16(2)6-5-7-18(10)12-14-15-13(17(12)3)21-9-11(19)20/h10H,4-9H2,1-3H3,(H,19,20). The van der Waals surface area contributed by atoms with E-state index in [1.807, 2.05) is 11.6 Å². The minimum absolute atomic E-state index is 0.00587. The highest BCUT2D eigenvalue weighted by molar-refractivity contribution is 7.99. The second-order valence-corrected chi connectivity index (χ2v) is 6.34. The highest BCUT2D eigenvalue weighted by Crippen LogP contribution is 2.24. The van der Waals surface area contributed by atoms with Crippen LogP contribution < -0.4 is 4.90 Å². The summed E-state index contributed by atoms with van der Waals surface area (Å²) in [6.45, 7) is 5.25. The van der Waals surface area contributed by atoms with Crippen molar-refractivity contribution in [3.8, 4) is 0 Å². The van der Waals surface area contributed by atoms with Crippen molar-refractivity contribution in [3.63, 3.8) is 0 Å². The maximum atomic E-state index is 10.7. The van der Waals surface area contributed by atoms with Crippen LogP contribution >= 0.6 is 11.8 Å². The van der Waals surface area contributed by atoms with Crippen molar-refractivity contribution in [2.75, 3.05) is 37.3 Å². The fourth-order valence-corrected chi connectivity index (χ4v) is 3.29. The van der Waals surface area contributed by atoms with Crippen LogP contribution in [0.15, 0.2) is 5.16 Å². The van der Waals surface area contributed by atoms with Crippen molar-refractivity contribution < 1.29 is 9.90 Å². The number of thioether (sulfide) groups is 1. The number of likely N-dealkylation sites (N-methyl/N-ethyl adjacent to an activating group) is 1. The van der Waals surface area contributed by atoms with Crippen LogP contribution in [0.4, 0.5) is 5.95 Å². The number of aromatic nitrogens is 3. The van der Waals surface area contributed by atoms with Crippen molar-refractivity contribution in [2.24, 2.45) is 7.05 Å². The van der Waals surface area contributed by atoms with Gasteiger partial charge in [-0.3, -0.25) is 9.36 Å². The first-order valence-electron chi connectivity index (χ1n) is 7.22. The first kappa shape index (κ1) is 16.1. The molecule has 0 radical (unpaired) electrons. The Morgan fingerprint density at radius 2 is 2.14 bits per heavy atom. The quantitative estimate of drug-likeness (QED) is 0.810. The molecule has 1 unspecified atom stereocenters. The molecule has 8 heteroatoms. The predicted molar refractivity (Wildman–Crippen MR) is 82.9 cm³/mol. The summed E-state index contributed by atoms with van der Waals surface area (Å²) in [5, 5.41) is 17.9. The highest BCUT2D eigenvalue weighted by Gasteiger charge is 2.26. The summed E-state index contributed by atoms with van der Waals surface area (Å²) in [5.74, 6) is 0.00348. The summed E-state index contributed by atoms with van der Waals surface area (Å²) in [6, 6.07) is 0.415. The molecule has 1 atom stereocenters. The Hall–Kier alpha value is -1.28. The van der Waals surface area contributed by atoms with E-state index in [1.165, 1.54) is 11.8 Å². The minimum atomic E-state index is -0.840. The van der Waals surface area contributed by atoms with E-state index in [1.54, 1.807) is 0 Å². The maximum Gasteiger partial charge on any atom is 0.313 e. The fraction of sp³-hybridized carbons (Fsp3) is 0.769. The number of anilines is 1. The molecule has 0 saturated carbocycles. The summed E-state index contributed by atoms with van der Waals surface area (Å²) in [5.41, 5.74) is 0. The van der Waals surface area contributed by atoms with E-state index >= 15 is 0 Å². The number of nitrogens with zero attached hydrogens (tertiary/aromatic N) is 5. The largest absolute Gasteiger partial charge is 0.481 e. The number of carboxylic acids is 1. The van der Waals surface area contributed by atoms with Crippen LogP contribution in [0, 0.1) is 0 Å². The van der Waals surface area contributed by atoms with Crippen LogP contribution in [0.25, 0.3) is 0 Å². The van der Waals surface area contributed by atoms with Gasteiger partial charge in [0.1, 0.15) is 0 Å². The smallest absolute Gasteiger partial charge is 0.313 e. The van der Waals surface area contributed by atoms with Gasteiger partial charge < -0.3 is 14.9 Å². The Morgan fingerprint density at radius 3 is 2.81 bits per heavy atom. The molecule has 1 N–H and O–H groups in total. The lowest BCUT2D eigenvalue weighted by atomic mass is 10.2. The maximum absolute atomic E-state index is 10.7. The Balaban J connectivity index is 2.17. The molecule has 0 aromatic carbocycles. The van der Waals surface area contributed by atoms with Gasteiger partial charge in [0.25, 0.3) is 0 Å². The number of hydrogen-bond donors (Lipinski definition) is 1. The van der Waals surface area contributed by atoms with Crippen molar-refractivity contribution in [3.05, 3.63) is 0 Å². The molecule has 1 aliphatic heterocycles. The predicted octanol–water partition coefficient (Wildman–Crippen LogP) is 0.912. The fourth-order valence-electron chi connectivity index (χ4n) is 2.67. The number of carboxylic acid groups (broad SMARTS) is 1. The van der Waals surface area contributed by atoms with Crippen LogP contribution in [-0.2, 0) is 11.8 Å². The van der Waals surface area contributed by atoms with Crippen molar-refractivity contribution in [2.45, 2.75) is 31.0 Å². The molecule has 1 aliphatic rings. The van der Waals surface area contributed by atoms with Gasteiger partial charge in [0.2, 0.25) is 5.95 Å². The van der Waals surface area contributed by atoms with Gasteiger partial charge in [0.05, 0.1) is 5.75 Å². The van der Waals surface area contributed by atoms with Gasteiger partial charge in [0, 0.05) is 26.2 Å². The molecule has 2 heterocycles. The van der Waals surface area contributed by atoms with Crippen molar-refractivity contribution in [1.29, 1.82) is 0 Å². The molecule has 1 aromatic heterocycles. The number of rotatable bonds is 5. The van der Waals surface area contributed by atoms with Gasteiger partial charge >= 0.3 is 5.97 Å². The van der Waals surface area contributed by atoms with Crippen LogP contribution in [0.2, 0.25) is 0 Å². The van der Waals surface area contributed by atoms with E-state index < -0.39 is 5.97 Å². The molecule has 2 rings (SSSR count). The van der Waals surface area contributed by atoms with E-state index in [2.05, 4.69) is 34.0 Å². The number of hydrogen-bond acceptors (Lipinski definition) is 6. The van der Waals surface area contributed by atoms with E-state index in [9.17, 15) is 4.79 Å². The van der Waals surface area contributed by atoms with Gasteiger partial charge in [-0.15, -0.1) is 10.2 Å². The average molecular weight is 313 g/mol. The van der Waals surface area contributed by atoms with Crippen LogP contribution in [0.5, 0.6) is 0 Å². The molecule has 0 amide bonds. The normalized spacial score (nSPS) is 20.5. The molecule has 0 bridgehead atoms. The molecular weight excluding hydrogens is 290 g/mol. The summed E-state index contributed by atoms with van der Waals surface area (Å²) in [6.07, 6.45) is 2.15.